The van der Waals surface area contributed by atoms with E-state index in [0.717, 1.165) is 25.4 Å². The lowest BCUT2D eigenvalue weighted by Gasteiger charge is -2.08. The zero-order valence-electron chi connectivity index (χ0n) is 11.3. The Morgan fingerprint density at radius 1 is 1.17 bits per heavy atom. The average Bonchev–Trinajstić information content (AvgIpc) is 2.35. The number of benzene rings is 1. The van der Waals surface area contributed by atoms with Crippen molar-refractivity contribution in [3.63, 3.8) is 0 Å². The minimum absolute atomic E-state index is 0.281. The maximum absolute atomic E-state index is 9.06. The molecule has 0 saturated carbocycles. The molecule has 0 unspecified atom stereocenters. The smallest absolute Gasteiger partial charge is 0.119 e. The molecule has 0 bridgehead atoms. The van der Waals surface area contributed by atoms with Crippen molar-refractivity contribution < 1.29 is 9.84 Å². The van der Waals surface area contributed by atoms with Crippen molar-refractivity contribution in [3.05, 3.63) is 29.8 Å². The Hall–Kier alpha value is -1.10. The van der Waals surface area contributed by atoms with Crippen LogP contribution in [0.3, 0.4) is 0 Å². The number of aliphatic hydroxyl groups excluding tert-OH is 1. The van der Waals surface area contributed by atoms with E-state index in [4.69, 9.17) is 9.84 Å². The van der Waals surface area contributed by atoms with E-state index in [-0.39, 0.29) is 6.10 Å². The standard InChI is InChI=1S/C14H24N2O2/c1-3-18-14-6-4-13(5-7-14)11-16-9-8-15-10-12(2)17/h4-7,12,15-17H,3,8-11H2,1-2H3/t12-/m1/s1. The average molecular weight is 252 g/mol. The maximum atomic E-state index is 9.06. The first kappa shape index (κ1) is 15.0. The van der Waals surface area contributed by atoms with Gasteiger partial charge >= 0.3 is 0 Å². The van der Waals surface area contributed by atoms with E-state index < -0.39 is 0 Å². The topological polar surface area (TPSA) is 53.5 Å². The normalized spacial score (nSPS) is 12.4. The Morgan fingerprint density at radius 3 is 2.44 bits per heavy atom. The van der Waals surface area contributed by atoms with Crippen LogP contribution < -0.4 is 15.4 Å². The lowest BCUT2D eigenvalue weighted by molar-refractivity contribution is 0.191. The number of ether oxygens (including phenoxy) is 1. The number of rotatable bonds is 9. The van der Waals surface area contributed by atoms with E-state index in [2.05, 4.69) is 22.8 Å². The fourth-order valence-corrected chi connectivity index (χ4v) is 1.59. The summed E-state index contributed by atoms with van der Waals surface area (Å²) in [5.74, 6) is 0.917. The molecule has 0 radical (unpaired) electrons. The number of nitrogens with one attached hydrogen (secondary N) is 2. The van der Waals surface area contributed by atoms with Gasteiger partial charge in [-0.1, -0.05) is 12.1 Å². The highest BCUT2D eigenvalue weighted by Crippen LogP contribution is 2.11. The summed E-state index contributed by atoms with van der Waals surface area (Å²) in [5, 5.41) is 15.6. The highest BCUT2D eigenvalue weighted by atomic mass is 16.5. The first-order valence-electron chi connectivity index (χ1n) is 6.53. The Labute approximate surface area is 109 Å². The van der Waals surface area contributed by atoms with Gasteiger partial charge in [0.25, 0.3) is 0 Å². The Bertz CT molecular complexity index is 312. The fourth-order valence-electron chi connectivity index (χ4n) is 1.59. The number of hydrogen-bond acceptors (Lipinski definition) is 4. The molecular weight excluding hydrogens is 228 g/mol. The molecule has 0 saturated heterocycles. The lowest BCUT2D eigenvalue weighted by atomic mass is 10.2. The van der Waals surface area contributed by atoms with Crippen LogP contribution in [0.15, 0.2) is 24.3 Å². The van der Waals surface area contributed by atoms with Gasteiger partial charge in [-0.25, -0.2) is 0 Å². The highest BCUT2D eigenvalue weighted by molar-refractivity contribution is 5.27. The Balaban J connectivity index is 2.11. The molecule has 0 amide bonds. The van der Waals surface area contributed by atoms with Gasteiger partial charge in [0.15, 0.2) is 0 Å². The van der Waals surface area contributed by atoms with Crippen LogP contribution in [-0.2, 0) is 6.54 Å². The molecule has 4 heteroatoms. The van der Waals surface area contributed by atoms with E-state index in [1.54, 1.807) is 6.92 Å². The Morgan fingerprint density at radius 2 is 1.83 bits per heavy atom. The molecule has 0 spiro atoms. The van der Waals surface area contributed by atoms with E-state index in [9.17, 15) is 0 Å². The zero-order valence-corrected chi connectivity index (χ0v) is 11.3. The summed E-state index contributed by atoms with van der Waals surface area (Å²) < 4.78 is 5.39. The SMILES string of the molecule is CCOc1ccc(CNCCNC[C@@H](C)O)cc1. The molecule has 3 N–H and O–H groups in total. The molecular formula is C14H24N2O2. The van der Waals surface area contributed by atoms with Gasteiger partial charge in [0.1, 0.15) is 5.75 Å². The lowest BCUT2D eigenvalue weighted by Crippen LogP contribution is -2.31. The van der Waals surface area contributed by atoms with E-state index in [1.165, 1.54) is 5.56 Å². The van der Waals surface area contributed by atoms with Crippen LogP contribution in [0, 0.1) is 0 Å². The molecule has 18 heavy (non-hydrogen) atoms. The van der Waals surface area contributed by atoms with Crippen LogP contribution in [0.4, 0.5) is 0 Å². The van der Waals surface area contributed by atoms with Crippen molar-refractivity contribution in [3.8, 4) is 5.75 Å². The summed E-state index contributed by atoms with van der Waals surface area (Å²) in [4.78, 5) is 0. The molecule has 1 aromatic rings. The van der Waals surface area contributed by atoms with Gasteiger partial charge in [0.05, 0.1) is 12.7 Å². The summed E-state index contributed by atoms with van der Waals surface area (Å²) >= 11 is 0. The van der Waals surface area contributed by atoms with Gasteiger partial charge in [-0.05, 0) is 31.5 Å². The summed E-state index contributed by atoms with van der Waals surface area (Å²) in [6.45, 7) is 7.71. The summed E-state index contributed by atoms with van der Waals surface area (Å²) in [7, 11) is 0. The van der Waals surface area contributed by atoms with Crippen LogP contribution in [-0.4, -0.2) is 37.5 Å². The van der Waals surface area contributed by atoms with Crippen LogP contribution >= 0.6 is 0 Å². The number of hydrogen-bond donors (Lipinski definition) is 3. The van der Waals surface area contributed by atoms with Crippen LogP contribution in [0.25, 0.3) is 0 Å². The molecule has 1 rings (SSSR count). The van der Waals surface area contributed by atoms with Crippen molar-refractivity contribution in [2.45, 2.75) is 26.5 Å². The third kappa shape index (κ3) is 6.59. The van der Waals surface area contributed by atoms with Crippen molar-refractivity contribution in [1.29, 1.82) is 0 Å². The van der Waals surface area contributed by atoms with Crippen molar-refractivity contribution >= 4 is 0 Å². The van der Waals surface area contributed by atoms with Crippen molar-refractivity contribution in [1.82, 2.24) is 10.6 Å². The predicted molar refractivity (Wildman–Crippen MR) is 73.9 cm³/mol. The summed E-state index contributed by atoms with van der Waals surface area (Å²) in [5.41, 5.74) is 1.24. The van der Waals surface area contributed by atoms with Gasteiger partial charge in [0.2, 0.25) is 0 Å². The summed E-state index contributed by atoms with van der Waals surface area (Å²) in [6, 6.07) is 8.13. The van der Waals surface area contributed by atoms with E-state index in [1.807, 2.05) is 19.1 Å². The van der Waals surface area contributed by atoms with Gasteiger partial charge in [-0.15, -0.1) is 0 Å². The molecule has 102 valence electrons. The first-order chi connectivity index (χ1) is 8.72. The third-order valence-corrected chi connectivity index (χ3v) is 2.48. The second-order valence-electron chi connectivity index (χ2n) is 4.31. The molecule has 0 aliphatic carbocycles. The number of aliphatic hydroxyl groups is 1. The van der Waals surface area contributed by atoms with Gasteiger partial charge in [-0.2, -0.15) is 0 Å². The van der Waals surface area contributed by atoms with E-state index >= 15 is 0 Å². The van der Waals surface area contributed by atoms with Crippen LogP contribution in [0.2, 0.25) is 0 Å². The van der Waals surface area contributed by atoms with Crippen molar-refractivity contribution in [2.75, 3.05) is 26.2 Å². The van der Waals surface area contributed by atoms with Gasteiger partial charge in [-0.3, -0.25) is 0 Å². The molecule has 1 aromatic carbocycles. The quantitative estimate of drug-likeness (QED) is 0.577. The van der Waals surface area contributed by atoms with Crippen LogP contribution in [0.1, 0.15) is 19.4 Å². The third-order valence-electron chi connectivity index (χ3n) is 2.48. The molecule has 1 atom stereocenters. The predicted octanol–water partition coefficient (Wildman–Crippen LogP) is 1.15. The minimum Gasteiger partial charge on any atom is -0.494 e. The van der Waals surface area contributed by atoms with Gasteiger partial charge in [0, 0.05) is 26.2 Å². The van der Waals surface area contributed by atoms with Gasteiger partial charge < -0.3 is 20.5 Å². The van der Waals surface area contributed by atoms with Crippen LogP contribution in [0.5, 0.6) is 5.75 Å². The zero-order chi connectivity index (χ0) is 13.2. The molecule has 0 aromatic heterocycles. The summed E-state index contributed by atoms with van der Waals surface area (Å²) in [6.07, 6.45) is -0.281. The second kappa shape index (κ2) is 8.91. The monoisotopic (exact) mass is 252 g/mol. The largest absolute Gasteiger partial charge is 0.494 e. The van der Waals surface area contributed by atoms with Crippen molar-refractivity contribution in [2.24, 2.45) is 0 Å². The minimum atomic E-state index is -0.281. The molecule has 0 aliphatic heterocycles. The molecule has 0 fully saturated rings. The molecule has 0 aliphatic rings. The molecule has 0 heterocycles. The Kier molecular flexibility index (Phi) is 7.41. The van der Waals surface area contributed by atoms with E-state index in [0.29, 0.717) is 13.2 Å². The maximum Gasteiger partial charge on any atom is 0.119 e. The first-order valence-corrected chi connectivity index (χ1v) is 6.53. The highest BCUT2D eigenvalue weighted by Gasteiger charge is 1.96. The molecule has 4 nitrogen and oxygen atoms in total. The second-order valence-corrected chi connectivity index (χ2v) is 4.31. The fraction of sp³-hybridized carbons (Fsp3) is 0.571.